The van der Waals surface area contributed by atoms with Crippen LogP contribution in [0.3, 0.4) is 0 Å². The van der Waals surface area contributed by atoms with E-state index in [1.807, 2.05) is 30.3 Å². The van der Waals surface area contributed by atoms with E-state index in [-0.39, 0.29) is 32.2 Å². The number of esters is 2. The summed E-state index contributed by atoms with van der Waals surface area (Å²) in [5.41, 5.74) is 1.83. The lowest BCUT2D eigenvalue weighted by Gasteiger charge is -2.18. The van der Waals surface area contributed by atoms with Gasteiger partial charge in [-0.05, 0) is 30.7 Å². The lowest BCUT2D eigenvalue weighted by molar-refractivity contribution is -0.143. The van der Waals surface area contributed by atoms with Crippen LogP contribution >= 0.6 is 0 Å². The molecule has 7 heteroatoms. The number of amides is 1. The maximum absolute atomic E-state index is 12.3. The van der Waals surface area contributed by atoms with Gasteiger partial charge < -0.3 is 14.4 Å². The van der Waals surface area contributed by atoms with Crippen molar-refractivity contribution in [2.24, 2.45) is 0 Å². The van der Waals surface area contributed by atoms with E-state index < -0.39 is 11.9 Å². The fourth-order valence-electron chi connectivity index (χ4n) is 2.38. The summed E-state index contributed by atoms with van der Waals surface area (Å²) in [5.74, 6) is -1.13. The summed E-state index contributed by atoms with van der Waals surface area (Å²) >= 11 is 0. The Morgan fingerprint density at radius 1 is 0.964 bits per heavy atom. The number of carbonyl (C=O) groups is 3. The molecule has 0 saturated heterocycles. The summed E-state index contributed by atoms with van der Waals surface area (Å²) in [5, 5.41) is 2.77. The summed E-state index contributed by atoms with van der Waals surface area (Å²) in [7, 11) is 1.60. The third-order valence-corrected chi connectivity index (χ3v) is 3.91. The molecule has 28 heavy (non-hydrogen) atoms. The van der Waals surface area contributed by atoms with Gasteiger partial charge in [-0.3, -0.25) is 14.9 Å². The number of ether oxygens (including phenoxy) is 2. The van der Waals surface area contributed by atoms with Crippen LogP contribution in [0.5, 0.6) is 0 Å². The van der Waals surface area contributed by atoms with Crippen molar-refractivity contribution in [1.29, 1.82) is 0 Å². The average molecular weight is 384 g/mol. The summed E-state index contributed by atoms with van der Waals surface area (Å²) in [6.07, 6.45) is 0. The molecule has 0 heterocycles. The van der Waals surface area contributed by atoms with Crippen molar-refractivity contribution >= 4 is 23.5 Å². The molecule has 0 aromatic heterocycles. The standard InChI is InChI=1S/C21H24N2O5/c1-3-27-21(26)17-10-7-11-18(12-17)23(2)19(24)13-22-14-20(25)28-15-16-8-5-4-6-9-16/h4-12,22H,3,13-15H2,1-2H3. The van der Waals surface area contributed by atoms with Crippen molar-refractivity contribution < 1.29 is 23.9 Å². The molecule has 0 fully saturated rings. The lowest BCUT2D eigenvalue weighted by atomic mass is 10.2. The smallest absolute Gasteiger partial charge is 0.338 e. The van der Waals surface area contributed by atoms with E-state index in [9.17, 15) is 14.4 Å². The highest BCUT2D eigenvalue weighted by Gasteiger charge is 2.14. The first-order valence-corrected chi connectivity index (χ1v) is 8.95. The Bertz CT molecular complexity index is 807. The summed E-state index contributed by atoms with van der Waals surface area (Å²) in [4.78, 5) is 37.3. The molecule has 0 unspecified atom stereocenters. The van der Waals surface area contributed by atoms with Gasteiger partial charge in [-0.25, -0.2) is 4.79 Å². The predicted octanol–water partition coefficient (Wildman–Crippen LogP) is 2.16. The Morgan fingerprint density at radius 2 is 1.71 bits per heavy atom. The Morgan fingerprint density at radius 3 is 2.43 bits per heavy atom. The maximum atomic E-state index is 12.3. The quantitative estimate of drug-likeness (QED) is 0.667. The molecule has 2 rings (SSSR count). The van der Waals surface area contributed by atoms with Gasteiger partial charge in [-0.2, -0.15) is 0 Å². The van der Waals surface area contributed by atoms with Gasteiger partial charge in [0.25, 0.3) is 0 Å². The zero-order valence-electron chi connectivity index (χ0n) is 16.0. The number of hydrogen-bond donors (Lipinski definition) is 1. The van der Waals surface area contributed by atoms with Gasteiger partial charge >= 0.3 is 11.9 Å². The van der Waals surface area contributed by atoms with Crippen LogP contribution in [-0.2, 0) is 25.7 Å². The van der Waals surface area contributed by atoms with E-state index >= 15 is 0 Å². The fourth-order valence-corrected chi connectivity index (χ4v) is 2.38. The summed E-state index contributed by atoms with van der Waals surface area (Å²) in [6, 6.07) is 16.0. The first-order chi connectivity index (χ1) is 13.5. The van der Waals surface area contributed by atoms with Crippen molar-refractivity contribution in [3.05, 3.63) is 65.7 Å². The van der Waals surface area contributed by atoms with E-state index in [4.69, 9.17) is 9.47 Å². The van der Waals surface area contributed by atoms with Crippen LogP contribution in [0.25, 0.3) is 0 Å². The topological polar surface area (TPSA) is 84.9 Å². The Hall–Kier alpha value is -3.19. The van der Waals surface area contributed by atoms with E-state index in [0.717, 1.165) is 5.56 Å². The van der Waals surface area contributed by atoms with Gasteiger partial charge in [-0.1, -0.05) is 36.4 Å². The fraction of sp³-hybridized carbons (Fsp3) is 0.286. The SMILES string of the molecule is CCOC(=O)c1cccc(N(C)C(=O)CNCC(=O)OCc2ccccc2)c1. The molecule has 0 spiro atoms. The normalized spacial score (nSPS) is 10.2. The molecule has 0 atom stereocenters. The van der Waals surface area contributed by atoms with Crippen LogP contribution in [0.15, 0.2) is 54.6 Å². The van der Waals surface area contributed by atoms with Crippen molar-refractivity contribution in [1.82, 2.24) is 5.32 Å². The number of anilines is 1. The van der Waals surface area contributed by atoms with E-state index in [1.165, 1.54) is 4.90 Å². The van der Waals surface area contributed by atoms with E-state index in [0.29, 0.717) is 11.3 Å². The highest BCUT2D eigenvalue weighted by molar-refractivity contribution is 5.96. The largest absolute Gasteiger partial charge is 0.462 e. The van der Waals surface area contributed by atoms with Gasteiger partial charge in [0.2, 0.25) is 5.91 Å². The Kier molecular flexibility index (Phi) is 8.17. The van der Waals surface area contributed by atoms with Crippen molar-refractivity contribution in [3.63, 3.8) is 0 Å². The van der Waals surface area contributed by atoms with E-state index in [2.05, 4.69) is 5.32 Å². The van der Waals surface area contributed by atoms with Crippen molar-refractivity contribution in [2.45, 2.75) is 13.5 Å². The zero-order valence-corrected chi connectivity index (χ0v) is 16.0. The first-order valence-electron chi connectivity index (χ1n) is 8.95. The lowest BCUT2D eigenvalue weighted by Crippen LogP contribution is -2.37. The molecule has 148 valence electrons. The Labute approximate surface area is 164 Å². The average Bonchev–Trinajstić information content (AvgIpc) is 2.72. The molecule has 2 aromatic rings. The van der Waals surface area contributed by atoms with Crippen molar-refractivity contribution in [2.75, 3.05) is 31.6 Å². The van der Waals surface area contributed by atoms with Gasteiger partial charge in [0.05, 0.1) is 25.3 Å². The number of likely N-dealkylation sites (N-methyl/N-ethyl adjacent to an activating group) is 1. The molecule has 1 N–H and O–H groups in total. The highest BCUT2D eigenvalue weighted by atomic mass is 16.5. The summed E-state index contributed by atoms with van der Waals surface area (Å²) in [6.45, 7) is 2.09. The number of nitrogens with zero attached hydrogens (tertiary/aromatic N) is 1. The molecule has 0 aliphatic heterocycles. The van der Waals surface area contributed by atoms with Gasteiger partial charge in [0, 0.05) is 12.7 Å². The highest BCUT2D eigenvalue weighted by Crippen LogP contribution is 2.15. The van der Waals surface area contributed by atoms with Crippen LogP contribution in [0.4, 0.5) is 5.69 Å². The second-order valence-electron chi connectivity index (χ2n) is 5.97. The molecular formula is C21H24N2O5. The molecule has 0 saturated carbocycles. The number of carbonyl (C=O) groups excluding carboxylic acids is 3. The predicted molar refractivity (Wildman–Crippen MR) is 105 cm³/mol. The van der Waals surface area contributed by atoms with Crippen LogP contribution in [-0.4, -0.2) is 44.6 Å². The van der Waals surface area contributed by atoms with Gasteiger partial charge in [0.1, 0.15) is 6.61 Å². The molecular weight excluding hydrogens is 360 g/mol. The molecule has 0 bridgehead atoms. The second-order valence-corrected chi connectivity index (χ2v) is 5.97. The number of hydrogen-bond acceptors (Lipinski definition) is 6. The van der Waals surface area contributed by atoms with Gasteiger partial charge in [0.15, 0.2) is 0 Å². The summed E-state index contributed by atoms with van der Waals surface area (Å²) < 4.78 is 10.1. The third kappa shape index (κ3) is 6.51. The minimum atomic E-state index is -0.441. The molecule has 2 aromatic carbocycles. The zero-order chi connectivity index (χ0) is 20.4. The maximum Gasteiger partial charge on any atom is 0.338 e. The monoisotopic (exact) mass is 384 g/mol. The molecule has 0 aliphatic rings. The van der Waals surface area contributed by atoms with Crippen LogP contribution in [0.2, 0.25) is 0 Å². The number of rotatable bonds is 9. The number of benzene rings is 2. The third-order valence-electron chi connectivity index (χ3n) is 3.91. The molecule has 7 nitrogen and oxygen atoms in total. The minimum Gasteiger partial charge on any atom is -0.462 e. The Balaban J connectivity index is 1.78. The van der Waals surface area contributed by atoms with Crippen LogP contribution in [0, 0.1) is 0 Å². The van der Waals surface area contributed by atoms with Crippen LogP contribution < -0.4 is 10.2 Å². The minimum absolute atomic E-state index is 0.0411. The molecule has 1 amide bonds. The van der Waals surface area contributed by atoms with E-state index in [1.54, 1.807) is 38.2 Å². The molecule has 0 aliphatic carbocycles. The van der Waals surface area contributed by atoms with Crippen molar-refractivity contribution in [3.8, 4) is 0 Å². The van der Waals surface area contributed by atoms with Crippen LogP contribution in [0.1, 0.15) is 22.8 Å². The second kappa shape index (κ2) is 10.8. The first kappa shape index (κ1) is 21.1. The number of nitrogens with one attached hydrogen (secondary N) is 1. The van der Waals surface area contributed by atoms with Gasteiger partial charge in [-0.15, -0.1) is 0 Å². The molecule has 0 radical (unpaired) electrons.